The summed E-state index contributed by atoms with van der Waals surface area (Å²) in [6, 6.07) is 11.2. The molecule has 0 fully saturated rings. The van der Waals surface area contributed by atoms with Crippen molar-refractivity contribution in [2.24, 2.45) is 0 Å². The smallest absolute Gasteiger partial charge is 0.317 e. The van der Waals surface area contributed by atoms with E-state index in [2.05, 4.69) is 10.3 Å². The van der Waals surface area contributed by atoms with E-state index in [4.69, 9.17) is 4.74 Å². The highest BCUT2D eigenvalue weighted by Gasteiger charge is 2.18. The monoisotopic (exact) mass is 331 g/mol. The van der Waals surface area contributed by atoms with E-state index in [0.717, 1.165) is 5.69 Å². The fourth-order valence-corrected chi connectivity index (χ4v) is 2.17. The Labute approximate surface area is 141 Å². The van der Waals surface area contributed by atoms with E-state index < -0.39 is 0 Å². The predicted molar refractivity (Wildman–Crippen MR) is 90.3 cm³/mol. The highest BCUT2D eigenvalue weighted by Crippen LogP contribution is 2.16. The molecule has 24 heavy (non-hydrogen) atoms. The van der Waals surface area contributed by atoms with Gasteiger partial charge in [-0.2, -0.15) is 0 Å². The second kappa shape index (κ2) is 8.29. The topological polar surface area (TPSA) is 54.5 Å². The third kappa shape index (κ3) is 4.94. The molecule has 2 atom stereocenters. The standard InChI is InChI=1S/C18H22FN3O2/c1-13(24-16-8-6-7-15(19)11-16)12-21-18(23)22(3)14(2)17-9-4-5-10-20-17/h4-11,13-14H,12H2,1-3H3,(H,21,23). The van der Waals surface area contributed by atoms with E-state index >= 15 is 0 Å². The van der Waals surface area contributed by atoms with Crippen LogP contribution in [-0.2, 0) is 0 Å². The zero-order valence-electron chi connectivity index (χ0n) is 14.1. The van der Waals surface area contributed by atoms with Gasteiger partial charge >= 0.3 is 6.03 Å². The van der Waals surface area contributed by atoms with E-state index in [1.807, 2.05) is 32.0 Å². The molecule has 2 amide bonds. The average molecular weight is 331 g/mol. The van der Waals surface area contributed by atoms with Gasteiger partial charge in [0.25, 0.3) is 0 Å². The number of ether oxygens (including phenoxy) is 1. The maximum Gasteiger partial charge on any atom is 0.317 e. The maximum absolute atomic E-state index is 13.1. The number of carbonyl (C=O) groups excluding carboxylic acids is 1. The van der Waals surface area contributed by atoms with Crippen molar-refractivity contribution < 1.29 is 13.9 Å². The van der Waals surface area contributed by atoms with Gasteiger partial charge < -0.3 is 15.0 Å². The first kappa shape index (κ1) is 17.7. The van der Waals surface area contributed by atoms with Crippen LogP contribution in [0.15, 0.2) is 48.7 Å². The van der Waals surface area contributed by atoms with Crippen molar-refractivity contribution in [2.45, 2.75) is 26.0 Å². The van der Waals surface area contributed by atoms with Gasteiger partial charge in [-0.1, -0.05) is 12.1 Å². The Bertz CT molecular complexity index is 666. The number of benzene rings is 1. The summed E-state index contributed by atoms with van der Waals surface area (Å²) in [5.74, 6) is 0.0830. The van der Waals surface area contributed by atoms with Gasteiger partial charge in [-0.15, -0.1) is 0 Å². The molecular formula is C18H22FN3O2. The minimum atomic E-state index is -0.354. The molecule has 0 aliphatic heterocycles. The fraction of sp³-hybridized carbons (Fsp3) is 0.333. The van der Waals surface area contributed by atoms with Crippen molar-refractivity contribution in [3.8, 4) is 5.75 Å². The molecule has 0 aliphatic rings. The first-order chi connectivity index (χ1) is 11.5. The van der Waals surface area contributed by atoms with E-state index in [-0.39, 0.29) is 24.0 Å². The minimum absolute atomic E-state index is 0.148. The van der Waals surface area contributed by atoms with E-state index in [0.29, 0.717) is 12.3 Å². The number of halogens is 1. The Hall–Kier alpha value is -2.63. The molecule has 0 aliphatic carbocycles. The Morgan fingerprint density at radius 1 is 1.29 bits per heavy atom. The van der Waals surface area contributed by atoms with Crippen LogP contribution in [0.4, 0.5) is 9.18 Å². The molecule has 2 unspecified atom stereocenters. The van der Waals surface area contributed by atoms with Crippen molar-refractivity contribution in [1.29, 1.82) is 0 Å². The lowest BCUT2D eigenvalue weighted by atomic mass is 10.2. The second-order valence-corrected chi connectivity index (χ2v) is 5.61. The molecule has 0 radical (unpaired) electrons. The van der Waals surface area contributed by atoms with Gasteiger partial charge in [0.2, 0.25) is 0 Å². The summed E-state index contributed by atoms with van der Waals surface area (Å²) in [4.78, 5) is 18.1. The summed E-state index contributed by atoms with van der Waals surface area (Å²) in [7, 11) is 1.72. The normalized spacial score (nSPS) is 13.0. The van der Waals surface area contributed by atoms with Gasteiger partial charge in [0.05, 0.1) is 18.3 Å². The lowest BCUT2D eigenvalue weighted by Crippen LogP contribution is -2.42. The van der Waals surface area contributed by atoms with Crippen molar-refractivity contribution in [2.75, 3.05) is 13.6 Å². The largest absolute Gasteiger partial charge is 0.489 e. The van der Waals surface area contributed by atoms with Crippen LogP contribution in [0.3, 0.4) is 0 Å². The van der Waals surface area contributed by atoms with Gasteiger partial charge in [0, 0.05) is 19.3 Å². The van der Waals surface area contributed by atoms with Crippen molar-refractivity contribution in [1.82, 2.24) is 15.2 Å². The molecule has 1 aromatic carbocycles. The van der Waals surface area contributed by atoms with Gasteiger partial charge in [-0.05, 0) is 38.1 Å². The second-order valence-electron chi connectivity index (χ2n) is 5.61. The lowest BCUT2D eigenvalue weighted by molar-refractivity contribution is 0.179. The van der Waals surface area contributed by atoms with Gasteiger partial charge in [-0.25, -0.2) is 9.18 Å². The summed E-state index contributed by atoms with van der Waals surface area (Å²) in [6.07, 6.45) is 1.42. The summed E-state index contributed by atoms with van der Waals surface area (Å²) < 4.78 is 18.7. The summed E-state index contributed by atoms with van der Waals surface area (Å²) in [5, 5.41) is 2.81. The molecule has 2 rings (SSSR count). The van der Waals surface area contributed by atoms with E-state index in [9.17, 15) is 9.18 Å². The predicted octanol–water partition coefficient (Wildman–Crippen LogP) is 3.39. The molecule has 1 N–H and O–H groups in total. The van der Waals surface area contributed by atoms with Crippen LogP contribution >= 0.6 is 0 Å². The third-order valence-electron chi connectivity index (χ3n) is 3.69. The van der Waals surface area contributed by atoms with Crippen LogP contribution in [0.5, 0.6) is 5.75 Å². The third-order valence-corrected chi connectivity index (χ3v) is 3.69. The first-order valence-corrected chi connectivity index (χ1v) is 7.81. The molecule has 0 spiro atoms. The number of pyridine rings is 1. The Morgan fingerprint density at radius 2 is 2.08 bits per heavy atom. The first-order valence-electron chi connectivity index (χ1n) is 7.81. The maximum atomic E-state index is 13.1. The number of rotatable bonds is 6. The zero-order valence-corrected chi connectivity index (χ0v) is 14.1. The quantitative estimate of drug-likeness (QED) is 0.883. The van der Waals surface area contributed by atoms with Crippen molar-refractivity contribution in [3.63, 3.8) is 0 Å². The van der Waals surface area contributed by atoms with Crippen LogP contribution in [0.25, 0.3) is 0 Å². The number of amides is 2. The van der Waals surface area contributed by atoms with Crippen LogP contribution in [0.1, 0.15) is 25.6 Å². The van der Waals surface area contributed by atoms with Gasteiger partial charge in [0.1, 0.15) is 17.7 Å². The van der Waals surface area contributed by atoms with E-state index in [1.54, 1.807) is 30.3 Å². The molecule has 6 heteroatoms. The summed E-state index contributed by atoms with van der Waals surface area (Å²) in [5.41, 5.74) is 0.819. The molecule has 0 bridgehead atoms. The Kier molecular flexibility index (Phi) is 6.12. The molecule has 2 aromatic rings. The van der Waals surface area contributed by atoms with Crippen LogP contribution in [-0.4, -0.2) is 35.6 Å². The van der Waals surface area contributed by atoms with E-state index in [1.165, 1.54) is 12.1 Å². The zero-order chi connectivity index (χ0) is 17.5. The molecule has 1 heterocycles. The number of aromatic nitrogens is 1. The highest BCUT2D eigenvalue weighted by molar-refractivity contribution is 5.74. The average Bonchev–Trinajstić information content (AvgIpc) is 2.59. The summed E-state index contributed by atoms with van der Waals surface area (Å²) >= 11 is 0. The van der Waals surface area contributed by atoms with Crippen LogP contribution < -0.4 is 10.1 Å². The van der Waals surface area contributed by atoms with Crippen molar-refractivity contribution in [3.05, 3.63) is 60.2 Å². The number of nitrogens with zero attached hydrogens (tertiary/aromatic N) is 2. The molecule has 0 saturated heterocycles. The number of hydrogen-bond acceptors (Lipinski definition) is 3. The van der Waals surface area contributed by atoms with Crippen molar-refractivity contribution >= 4 is 6.03 Å². The number of carbonyl (C=O) groups is 1. The highest BCUT2D eigenvalue weighted by atomic mass is 19.1. The Balaban J connectivity index is 1.83. The Morgan fingerprint density at radius 3 is 2.75 bits per heavy atom. The summed E-state index contributed by atoms with van der Waals surface area (Å²) in [6.45, 7) is 4.04. The van der Waals surface area contributed by atoms with Crippen LogP contribution in [0, 0.1) is 5.82 Å². The lowest BCUT2D eigenvalue weighted by Gasteiger charge is -2.25. The number of urea groups is 1. The molecule has 128 valence electrons. The minimum Gasteiger partial charge on any atom is -0.489 e. The van der Waals surface area contributed by atoms with Gasteiger partial charge in [0.15, 0.2) is 0 Å². The number of hydrogen-bond donors (Lipinski definition) is 1. The van der Waals surface area contributed by atoms with Gasteiger partial charge in [-0.3, -0.25) is 4.98 Å². The molecular weight excluding hydrogens is 309 g/mol. The SMILES string of the molecule is CC(CNC(=O)N(C)C(C)c1ccccn1)Oc1cccc(F)c1. The molecule has 5 nitrogen and oxygen atoms in total. The fourth-order valence-electron chi connectivity index (χ4n) is 2.17. The van der Waals surface area contributed by atoms with Crippen LogP contribution in [0.2, 0.25) is 0 Å². The molecule has 1 aromatic heterocycles. The molecule has 0 saturated carbocycles. The number of nitrogens with one attached hydrogen (secondary N) is 1.